The lowest BCUT2D eigenvalue weighted by Gasteiger charge is -2.42. The molecule has 6 rings (SSSR count). The Morgan fingerprint density at radius 1 is 1.26 bits per heavy atom. The summed E-state index contributed by atoms with van der Waals surface area (Å²) in [6.45, 7) is 6.67. The van der Waals surface area contributed by atoms with E-state index in [-0.39, 0.29) is 6.61 Å². The normalized spacial score (nSPS) is 26.4. The van der Waals surface area contributed by atoms with Crippen LogP contribution < -0.4 is 10.6 Å². The number of rotatable bonds is 3. The van der Waals surface area contributed by atoms with Gasteiger partial charge in [-0.2, -0.15) is 5.26 Å². The fraction of sp³-hybridized carbons (Fsp3) is 0.407. The number of nitrogens with two attached hydrogens (primary N) is 1. The van der Waals surface area contributed by atoms with Crippen molar-refractivity contribution in [2.24, 2.45) is 5.73 Å². The van der Waals surface area contributed by atoms with Crippen LogP contribution in [0, 0.1) is 11.3 Å². The molecule has 0 saturated carbocycles. The third kappa shape index (κ3) is 3.29. The highest BCUT2D eigenvalue weighted by atomic mass is 16.3. The van der Waals surface area contributed by atoms with Crippen molar-refractivity contribution in [3.8, 4) is 6.07 Å². The molecule has 3 N–H and O–H groups in total. The van der Waals surface area contributed by atoms with Crippen LogP contribution in [-0.4, -0.2) is 70.8 Å². The molecule has 1 aromatic carbocycles. The molecule has 0 bridgehead atoms. The summed E-state index contributed by atoms with van der Waals surface area (Å²) >= 11 is 0. The fourth-order valence-corrected chi connectivity index (χ4v) is 6.00. The van der Waals surface area contributed by atoms with Crippen LogP contribution in [0.3, 0.4) is 0 Å². The van der Waals surface area contributed by atoms with Crippen molar-refractivity contribution in [2.45, 2.75) is 31.3 Å². The highest BCUT2D eigenvalue weighted by Crippen LogP contribution is 2.41. The van der Waals surface area contributed by atoms with Gasteiger partial charge in [-0.3, -0.25) is 4.98 Å². The molecule has 4 aliphatic rings. The zero-order chi connectivity index (χ0) is 23.4. The van der Waals surface area contributed by atoms with E-state index in [0.29, 0.717) is 18.2 Å². The van der Waals surface area contributed by atoms with Gasteiger partial charge in [-0.15, -0.1) is 0 Å². The average molecular weight is 455 g/mol. The highest BCUT2D eigenvalue weighted by molar-refractivity contribution is 5.95. The van der Waals surface area contributed by atoms with E-state index in [1.165, 1.54) is 22.5 Å². The first-order valence-corrected chi connectivity index (χ1v) is 12.1. The first kappa shape index (κ1) is 21.2. The van der Waals surface area contributed by atoms with Gasteiger partial charge in [0.15, 0.2) is 0 Å². The van der Waals surface area contributed by atoms with Gasteiger partial charge in [0.1, 0.15) is 6.07 Å². The molecule has 34 heavy (non-hydrogen) atoms. The third-order valence-electron chi connectivity index (χ3n) is 7.89. The molecule has 2 atom stereocenters. The number of likely N-dealkylation sites (tertiary alicyclic amines) is 1. The first-order chi connectivity index (χ1) is 16.5. The van der Waals surface area contributed by atoms with Gasteiger partial charge in [-0.05, 0) is 61.3 Å². The molecule has 3 aliphatic heterocycles. The van der Waals surface area contributed by atoms with Crippen molar-refractivity contribution in [2.75, 3.05) is 44.2 Å². The summed E-state index contributed by atoms with van der Waals surface area (Å²) in [5, 5.41) is 20.2. The van der Waals surface area contributed by atoms with Crippen LogP contribution in [0.4, 0.5) is 5.69 Å². The van der Waals surface area contributed by atoms with Gasteiger partial charge < -0.3 is 25.5 Å². The van der Waals surface area contributed by atoms with Crippen molar-refractivity contribution in [3.05, 3.63) is 70.7 Å². The van der Waals surface area contributed by atoms with Crippen molar-refractivity contribution >= 4 is 16.6 Å². The molecule has 2 aromatic rings. The van der Waals surface area contributed by atoms with Crippen LogP contribution in [0.5, 0.6) is 0 Å². The minimum Gasteiger partial charge on any atom is -0.394 e. The third-order valence-corrected chi connectivity index (χ3v) is 7.89. The number of pyridine rings is 1. The quantitative estimate of drug-likeness (QED) is 0.736. The van der Waals surface area contributed by atoms with E-state index in [9.17, 15) is 10.4 Å². The molecule has 0 spiro atoms. The summed E-state index contributed by atoms with van der Waals surface area (Å²) in [4.78, 5) is 11.8. The van der Waals surface area contributed by atoms with Crippen LogP contribution in [0.25, 0.3) is 10.9 Å². The van der Waals surface area contributed by atoms with Crippen LogP contribution in [0.1, 0.15) is 25.3 Å². The van der Waals surface area contributed by atoms with Crippen LogP contribution >= 0.6 is 0 Å². The largest absolute Gasteiger partial charge is 0.394 e. The Morgan fingerprint density at radius 2 is 2.15 bits per heavy atom. The van der Waals surface area contributed by atoms with Crippen LogP contribution in [0.2, 0.25) is 0 Å². The first-order valence-electron chi connectivity index (χ1n) is 12.1. The number of hydrogen-bond acceptors (Lipinski definition) is 7. The molecule has 4 heterocycles. The summed E-state index contributed by atoms with van der Waals surface area (Å²) in [5.41, 5.74) is 13.9. The minimum atomic E-state index is -0.487. The second-order valence-corrected chi connectivity index (χ2v) is 10.1. The number of hydrogen-bond donors (Lipinski definition) is 2. The van der Waals surface area contributed by atoms with Crippen molar-refractivity contribution < 1.29 is 5.11 Å². The summed E-state index contributed by atoms with van der Waals surface area (Å²) in [6, 6.07) is 10.7. The number of nitriles is 1. The van der Waals surface area contributed by atoms with E-state index in [0.717, 1.165) is 55.6 Å². The molecule has 7 nitrogen and oxygen atoms in total. The molecule has 1 aromatic heterocycles. The molecule has 2 fully saturated rings. The Bertz CT molecular complexity index is 1300. The smallest absolute Gasteiger partial charge is 0.101 e. The molecule has 1 unspecified atom stereocenters. The number of aliphatic hydroxyl groups excluding tert-OH is 1. The predicted molar refractivity (Wildman–Crippen MR) is 133 cm³/mol. The number of allylic oxidation sites excluding steroid dienone is 2. The Hall–Kier alpha value is -3.34. The lowest BCUT2D eigenvalue weighted by molar-refractivity contribution is 0.200. The molecular weight excluding hydrogens is 424 g/mol. The van der Waals surface area contributed by atoms with Gasteiger partial charge in [0.25, 0.3) is 0 Å². The predicted octanol–water partition coefficient (Wildman–Crippen LogP) is 2.49. The van der Waals surface area contributed by atoms with Crippen molar-refractivity contribution in [1.29, 1.82) is 5.26 Å². The average Bonchev–Trinajstić information content (AvgIpc) is 3.44. The van der Waals surface area contributed by atoms with Gasteiger partial charge in [-0.25, -0.2) is 0 Å². The van der Waals surface area contributed by atoms with Crippen LogP contribution in [-0.2, 0) is 0 Å². The van der Waals surface area contributed by atoms with Gasteiger partial charge >= 0.3 is 0 Å². The molecule has 0 radical (unpaired) electrons. The maximum Gasteiger partial charge on any atom is 0.101 e. The molecule has 2 saturated heterocycles. The Morgan fingerprint density at radius 3 is 2.94 bits per heavy atom. The highest BCUT2D eigenvalue weighted by Gasteiger charge is 2.38. The van der Waals surface area contributed by atoms with Crippen molar-refractivity contribution in [3.63, 3.8) is 0 Å². The molecule has 0 amide bonds. The van der Waals surface area contributed by atoms with E-state index in [4.69, 9.17) is 5.73 Å². The summed E-state index contributed by atoms with van der Waals surface area (Å²) in [7, 11) is 0. The topological polar surface area (TPSA) is 92.7 Å². The van der Waals surface area contributed by atoms with E-state index in [1.54, 1.807) is 6.20 Å². The number of aliphatic hydroxyl groups is 1. The zero-order valence-electron chi connectivity index (χ0n) is 19.5. The number of benzene rings is 1. The lowest BCUT2D eigenvalue weighted by Crippen LogP contribution is -2.49. The van der Waals surface area contributed by atoms with E-state index in [1.807, 2.05) is 12.1 Å². The summed E-state index contributed by atoms with van der Waals surface area (Å²) < 4.78 is 0. The molecule has 7 heteroatoms. The Kier molecular flexibility index (Phi) is 4.91. The van der Waals surface area contributed by atoms with Gasteiger partial charge in [0, 0.05) is 60.9 Å². The number of anilines is 1. The summed E-state index contributed by atoms with van der Waals surface area (Å²) in [6.07, 6.45) is 8.17. The number of piperazine rings is 1. The number of nitrogens with zero attached hydrogens (tertiary/aromatic N) is 5. The van der Waals surface area contributed by atoms with E-state index < -0.39 is 5.54 Å². The number of aromatic nitrogens is 1. The van der Waals surface area contributed by atoms with Gasteiger partial charge in [0.2, 0.25) is 0 Å². The minimum absolute atomic E-state index is 0.0311. The second kappa shape index (κ2) is 7.86. The maximum absolute atomic E-state index is 9.65. The van der Waals surface area contributed by atoms with E-state index in [2.05, 4.69) is 57.0 Å². The van der Waals surface area contributed by atoms with Crippen LogP contribution in [0.15, 0.2) is 65.2 Å². The lowest BCUT2D eigenvalue weighted by atomic mass is 9.96. The second-order valence-electron chi connectivity index (χ2n) is 10.1. The van der Waals surface area contributed by atoms with Gasteiger partial charge in [-0.1, -0.05) is 6.08 Å². The maximum atomic E-state index is 9.65. The zero-order valence-corrected chi connectivity index (χ0v) is 19.5. The molecular formula is C27H30N6O. The van der Waals surface area contributed by atoms with Crippen molar-refractivity contribution in [1.82, 2.24) is 14.8 Å². The Labute approximate surface area is 200 Å². The monoisotopic (exact) mass is 454 g/mol. The SMILES string of the molecule is C[C@@H]1CN(c2ccc(C#N)c3ncccc23)CC2=C3CC=C(N4CCC(N)(CO)C4)C=C3CN21. The molecule has 1 aliphatic carbocycles. The fourth-order valence-electron chi connectivity index (χ4n) is 6.00. The molecule has 174 valence electrons. The standard InChI is InChI=1S/C27H30N6O/c1-18-13-32(24-7-4-19(12-28)26-23(24)3-2-9-30-26)15-25-22-6-5-21(11-20(22)14-33(18)25)31-10-8-27(29,16-31)17-34/h2-5,7,9,11,18,34H,6,8,10,13-17,29H2,1H3/t18-,27?/m1/s1. The number of fused-ring (bicyclic) bond motifs is 3. The van der Waals surface area contributed by atoms with Gasteiger partial charge in [0.05, 0.1) is 29.8 Å². The van der Waals surface area contributed by atoms with E-state index >= 15 is 0 Å². The summed E-state index contributed by atoms with van der Waals surface area (Å²) in [5.74, 6) is 0. The Balaban J connectivity index is 1.31.